The van der Waals surface area contributed by atoms with Crippen molar-refractivity contribution >= 4 is 0 Å². The Morgan fingerprint density at radius 3 is 2.05 bits per heavy atom. The normalized spacial score (nSPS) is 10.8. The van der Waals surface area contributed by atoms with Crippen molar-refractivity contribution in [1.29, 1.82) is 0 Å². The Morgan fingerprint density at radius 2 is 1.53 bits per heavy atom. The summed E-state index contributed by atoms with van der Waals surface area (Å²) in [4.78, 5) is 0. The molecule has 0 aliphatic heterocycles. The quantitative estimate of drug-likeness (QED) is 0.881. The van der Waals surface area contributed by atoms with Crippen LogP contribution in [0.1, 0.15) is 16.7 Å². The molecule has 19 heavy (non-hydrogen) atoms. The molecule has 0 aromatic heterocycles. The topological polar surface area (TPSA) is 12.0 Å². The van der Waals surface area contributed by atoms with Crippen molar-refractivity contribution in [2.45, 2.75) is 20.4 Å². The molecule has 0 amide bonds. The van der Waals surface area contributed by atoms with Gasteiger partial charge in [-0.2, -0.15) is 0 Å². The van der Waals surface area contributed by atoms with Crippen molar-refractivity contribution in [2.24, 2.45) is 0 Å². The molecule has 0 bridgehead atoms. The molecule has 0 aliphatic rings. The lowest BCUT2D eigenvalue weighted by atomic mass is 9.95. The fourth-order valence-electron chi connectivity index (χ4n) is 2.29. The van der Waals surface area contributed by atoms with Crippen molar-refractivity contribution in [3.05, 3.63) is 58.7 Å². The molecule has 0 heterocycles. The van der Waals surface area contributed by atoms with Gasteiger partial charge in [-0.1, -0.05) is 18.2 Å². The third-order valence-corrected chi connectivity index (χ3v) is 3.30. The number of hydrogen-bond donors (Lipinski definition) is 1. The number of nitrogens with one attached hydrogen (secondary N) is 1. The predicted molar refractivity (Wildman–Crippen MR) is 74.0 cm³/mol. The van der Waals surface area contributed by atoms with Crippen LogP contribution < -0.4 is 5.32 Å². The molecule has 100 valence electrons. The first kappa shape index (κ1) is 13.7. The second-order valence-corrected chi connectivity index (χ2v) is 4.75. The van der Waals surface area contributed by atoms with E-state index in [1.165, 1.54) is 11.6 Å². The van der Waals surface area contributed by atoms with E-state index in [1.54, 1.807) is 6.07 Å². The van der Waals surface area contributed by atoms with Gasteiger partial charge < -0.3 is 5.32 Å². The monoisotopic (exact) mass is 261 g/mol. The van der Waals surface area contributed by atoms with Gasteiger partial charge >= 0.3 is 0 Å². The molecular formula is C16H17F2N. The van der Waals surface area contributed by atoms with Gasteiger partial charge in [-0.05, 0) is 60.8 Å². The predicted octanol–water partition coefficient (Wildman–Crippen LogP) is 3.97. The summed E-state index contributed by atoms with van der Waals surface area (Å²) in [7, 11) is 1.90. The van der Waals surface area contributed by atoms with E-state index in [2.05, 4.69) is 5.32 Å². The lowest BCUT2D eigenvalue weighted by Gasteiger charge is -2.12. The molecule has 1 N–H and O–H groups in total. The van der Waals surface area contributed by atoms with E-state index < -0.39 is 11.6 Å². The van der Waals surface area contributed by atoms with E-state index in [0.29, 0.717) is 5.56 Å². The minimum absolute atomic E-state index is 0.695. The van der Waals surface area contributed by atoms with E-state index in [0.717, 1.165) is 29.3 Å². The summed E-state index contributed by atoms with van der Waals surface area (Å²) in [5, 5.41) is 3.13. The zero-order chi connectivity index (χ0) is 14.0. The average Bonchev–Trinajstić information content (AvgIpc) is 2.37. The maximum Gasteiger partial charge on any atom is 0.159 e. The lowest BCUT2D eigenvalue weighted by Crippen LogP contribution is -2.08. The maximum absolute atomic E-state index is 13.3. The summed E-state index contributed by atoms with van der Waals surface area (Å²) in [5.74, 6) is -1.63. The van der Waals surface area contributed by atoms with Gasteiger partial charge in [0.2, 0.25) is 0 Å². The van der Waals surface area contributed by atoms with Crippen LogP contribution in [0.15, 0.2) is 30.3 Å². The van der Waals surface area contributed by atoms with Gasteiger partial charge in [0.25, 0.3) is 0 Å². The van der Waals surface area contributed by atoms with E-state index in [-0.39, 0.29) is 0 Å². The van der Waals surface area contributed by atoms with Gasteiger partial charge in [0.05, 0.1) is 0 Å². The molecule has 2 aromatic rings. The summed E-state index contributed by atoms with van der Waals surface area (Å²) < 4.78 is 26.2. The third-order valence-electron chi connectivity index (χ3n) is 3.30. The molecule has 0 atom stereocenters. The van der Waals surface area contributed by atoms with Gasteiger partial charge in [0.1, 0.15) is 0 Å². The number of halogens is 2. The van der Waals surface area contributed by atoms with Crippen LogP contribution in [0.5, 0.6) is 0 Å². The molecule has 0 aliphatic carbocycles. The molecule has 0 unspecified atom stereocenters. The van der Waals surface area contributed by atoms with Gasteiger partial charge in [-0.3, -0.25) is 0 Å². The first-order valence-electron chi connectivity index (χ1n) is 6.23. The van der Waals surface area contributed by atoms with Crippen LogP contribution in [0, 0.1) is 25.5 Å². The average molecular weight is 261 g/mol. The van der Waals surface area contributed by atoms with Gasteiger partial charge in [-0.15, -0.1) is 0 Å². The second kappa shape index (κ2) is 5.49. The van der Waals surface area contributed by atoms with Crippen LogP contribution in [-0.4, -0.2) is 7.05 Å². The van der Waals surface area contributed by atoms with Crippen LogP contribution in [0.4, 0.5) is 8.78 Å². The van der Waals surface area contributed by atoms with Crippen LogP contribution in [0.25, 0.3) is 11.1 Å². The zero-order valence-electron chi connectivity index (χ0n) is 11.3. The van der Waals surface area contributed by atoms with Gasteiger partial charge in [0, 0.05) is 6.54 Å². The Kier molecular flexibility index (Phi) is 3.96. The van der Waals surface area contributed by atoms with Crippen molar-refractivity contribution in [2.75, 3.05) is 7.05 Å². The Morgan fingerprint density at radius 1 is 0.895 bits per heavy atom. The molecule has 2 rings (SSSR count). The highest BCUT2D eigenvalue weighted by Crippen LogP contribution is 2.26. The van der Waals surface area contributed by atoms with E-state index in [4.69, 9.17) is 0 Å². The van der Waals surface area contributed by atoms with E-state index in [1.807, 2.05) is 33.0 Å². The summed E-state index contributed by atoms with van der Waals surface area (Å²) in [6.07, 6.45) is 0. The van der Waals surface area contributed by atoms with Gasteiger partial charge in [-0.25, -0.2) is 8.78 Å². The molecular weight excluding hydrogens is 244 g/mol. The maximum atomic E-state index is 13.3. The van der Waals surface area contributed by atoms with Gasteiger partial charge in [0.15, 0.2) is 11.6 Å². The van der Waals surface area contributed by atoms with Crippen molar-refractivity contribution in [3.63, 3.8) is 0 Å². The van der Waals surface area contributed by atoms with Crippen LogP contribution in [0.2, 0.25) is 0 Å². The smallest absolute Gasteiger partial charge is 0.159 e. The number of hydrogen-bond acceptors (Lipinski definition) is 1. The second-order valence-electron chi connectivity index (χ2n) is 4.75. The van der Waals surface area contributed by atoms with Crippen molar-refractivity contribution in [1.82, 2.24) is 5.32 Å². The fourth-order valence-corrected chi connectivity index (χ4v) is 2.29. The number of benzene rings is 2. The van der Waals surface area contributed by atoms with Crippen LogP contribution in [-0.2, 0) is 6.54 Å². The fraction of sp³-hybridized carbons (Fsp3) is 0.250. The summed E-state index contributed by atoms with van der Waals surface area (Å²) in [5.41, 5.74) is 5.15. The van der Waals surface area contributed by atoms with Crippen molar-refractivity contribution in [3.8, 4) is 11.1 Å². The summed E-state index contributed by atoms with van der Waals surface area (Å²) in [6.45, 7) is 4.86. The number of rotatable bonds is 3. The molecule has 3 heteroatoms. The van der Waals surface area contributed by atoms with Crippen LogP contribution in [0.3, 0.4) is 0 Å². The first-order valence-corrected chi connectivity index (χ1v) is 6.23. The minimum Gasteiger partial charge on any atom is -0.316 e. The van der Waals surface area contributed by atoms with Crippen LogP contribution >= 0.6 is 0 Å². The molecule has 0 saturated carbocycles. The third kappa shape index (κ3) is 2.82. The largest absolute Gasteiger partial charge is 0.316 e. The summed E-state index contributed by atoms with van der Waals surface area (Å²) in [6, 6.07) is 8.02. The Hall–Kier alpha value is -1.74. The minimum atomic E-state index is -0.816. The Balaban J connectivity index is 2.48. The molecule has 0 fully saturated rings. The summed E-state index contributed by atoms with van der Waals surface area (Å²) >= 11 is 0. The highest BCUT2D eigenvalue weighted by molar-refractivity contribution is 5.66. The van der Waals surface area contributed by atoms with E-state index in [9.17, 15) is 8.78 Å². The number of aryl methyl sites for hydroxylation is 2. The molecule has 2 aromatic carbocycles. The molecule has 0 saturated heterocycles. The van der Waals surface area contributed by atoms with E-state index >= 15 is 0 Å². The molecule has 1 nitrogen and oxygen atoms in total. The highest BCUT2D eigenvalue weighted by Gasteiger charge is 2.08. The standard InChI is InChI=1S/C16H17F2N/c1-10-6-13(7-11(2)14(10)9-19-3)12-4-5-15(17)16(18)8-12/h4-8,19H,9H2,1-3H3. The molecule has 0 radical (unpaired) electrons. The Bertz CT molecular complexity index is 583. The molecule has 0 spiro atoms. The lowest BCUT2D eigenvalue weighted by molar-refractivity contribution is 0.509. The SMILES string of the molecule is CNCc1c(C)cc(-c2ccc(F)c(F)c2)cc1C. The Labute approximate surface area is 112 Å². The highest BCUT2D eigenvalue weighted by atomic mass is 19.2. The zero-order valence-corrected chi connectivity index (χ0v) is 11.3. The first-order chi connectivity index (χ1) is 9.02. The van der Waals surface area contributed by atoms with Crippen molar-refractivity contribution < 1.29 is 8.78 Å².